The van der Waals surface area contributed by atoms with Crippen LogP contribution in [0.25, 0.3) is 0 Å². The molecular weight excluding hydrogens is 332 g/mol. The summed E-state index contributed by atoms with van der Waals surface area (Å²) in [5, 5.41) is 6.05. The Bertz CT molecular complexity index is 931. The van der Waals surface area contributed by atoms with E-state index in [9.17, 15) is 4.79 Å². The van der Waals surface area contributed by atoms with E-state index >= 15 is 0 Å². The highest BCUT2D eigenvalue weighted by Gasteiger charge is 2.13. The van der Waals surface area contributed by atoms with Gasteiger partial charge in [-0.15, -0.1) is 0 Å². The number of pyridine rings is 2. The van der Waals surface area contributed by atoms with E-state index in [4.69, 9.17) is 9.47 Å². The Labute approximate surface area is 150 Å². The third kappa shape index (κ3) is 3.56. The molecule has 0 aliphatic carbocycles. The average molecular weight is 348 g/mol. The Balaban J connectivity index is 1.43. The number of fused-ring (bicyclic) bond motifs is 1. The number of amides is 1. The Morgan fingerprint density at radius 2 is 1.96 bits per heavy atom. The van der Waals surface area contributed by atoms with Crippen LogP contribution in [0.1, 0.15) is 16.1 Å². The summed E-state index contributed by atoms with van der Waals surface area (Å²) in [5.41, 5.74) is 2.78. The van der Waals surface area contributed by atoms with Crippen molar-refractivity contribution in [1.82, 2.24) is 15.3 Å². The molecule has 1 aliphatic heterocycles. The molecule has 1 aromatic carbocycles. The minimum Gasteiger partial charge on any atom is -0.454 e. The standard InChI is InChI=1S/C19H16N4O3/c24-19(22-11-15-3-1-2-6-21-15)13-7-16(10-20-9-13)23-14-4-5-17-18(8-14)26-12-25-17/h1-10,23H,11-12H2,(H,22,24). The number of hydrogen-bond acceptors (Lipinski definition) is 6. The van der Waals surface area contributed by atoms with Crippen LogP contribution in [0, 0.1) is 0 Å². The topological polar surface area (TPSA) is 85.4 Å². The van der Waals surface area contributed by atoms with Crippen molar-refractivity contribution in [2.45, 2.75) is 6.54 Å². The maximum atomic E-state index is 12.3. The minimum atomic E-state index is -0.211. The first-order valence-corrected chi connectivity index (χ1v) is 8.08. The number of nitrogens with zero attached hydrogens (tertiary/aromatic N) is 2. The molecule has 0 spiro atoms. The summed E-state index contributed by atoms with van der Waals surface area (Å²) in [5.74, 6) is 1.20. The molecule has 0 radical (unpaired) electrons. The lowest BCUT2D eigenvalue weighted by Gasteiger charge is -2.09. The zero-order valence-electron chi connectivity index (χ0n) is 13.8. The summed E-state index contributed by atoms with van der Waals surface area (Å²) < 4.78 is 10.7. The minimum absolute atomic E-state index is 0.211. The fourth-order valence-corrected chi connectivity index (χ4v) is 2.55. The molecule has 26 heavy (non-hydrogen) atoms. The van der Waals surface area contributed by atoms with E-state index in [0.717, 1.165) is 17.1 Å². The highest BCUT2D eigenvalue weighted by Crippen LogP contribution is 2.35. The van der Waals surface area contributed by atoms with Gasteiger partial charge in [0.25, 0.3) is 5.91 Å². The van der Waals surface area contributed by atoms with Gasteiger partial charge < -0.3 is 20.1 Å². The van der Waals surface area contributed by atoms with Crippen LogP contribution in [-0.4, -0.2) is 22.7 Å². The van der Waals surface area contributed by atoms with E-state index in [1.54, 1.807) is 18.5 Å². The summed E-state index contributed by atoms with van der Waals surface area (Å²) in [6, 6.07) is 12.9. The first-order chi connectivity index (χ1) is 12.8. The van der Waals surface area contributed by atoms with Crippen LogP contribution in [0.3, 0.4) is 0 Å². The highest BCUT2D eigenvalue weighted by molar-refractivity contribution is 5.94. The zero-order chi connectivity index (χ0) is 17.8. The largest absolute Gasteiger partial charge is 0.454 e. The molecule has 0 saturated heterocycles. The summed E-state index contributed by atoms with van der Waals surface area (Å²) in [6.07, 6.45) is 4.87. The van der Waals surface area contributed by atoms with E-state index in [0.29, 0.717) is 23.5 Å². The van der Waals surface area contributed by atoms with Crippen LogP contribution in [0.15, 0.2) is 61.1 Å². The fourth-order valence-electron chi connectivity index (χ4n) is 2.55. The van der Waals surface area contributed by atoms with Crippen LogP contribution < -0.4 is 20.1 Å². The van der Waals surface area contributed by atoms with E-state index < -0.39 is 0 Å². The van der Waals surface area contributed by atoms with Gasteiger partial charge in [0.2, 0.25) is 6.79 Å². The van der Waals surface area contributed by atoms with Crippen molar-refractivity contribution in [2.75, 3.05) is 12.1 Å². The van der Waals surface area contributed by atoms with Gasteiger partial charge in [-0.3, -0.25) is 14.8 Å². The van der Waals surface area contributed by atoms with Gasteiger partial charge in [-0.1, -0.05) is 6.07 Å². The smallest absolute Gasteiger partial charge is 0.253 e. The van der Waals surface area contributed by atoms with E-state index in [-0.39, 0.29) is 12.7 Å². The SMILES string of the molecule is O=C(NCc1ccccn1)c1cncc(Nc2ccc3c(c2)OCO3)c1. The fraction of sp³-hybridized carbons (Fsp3) is 0.105. The zero-order valence-corrected chi connectivity index (χ0v) is 13.8. The number of anilines is 2. The molecule has 1 amide bonds. The van der Waals surface area contributed by atoms with Crippen molar-refractivity contribution in [3.8, 4) is 11.5 Å². The molecule has 0 fully saturated rings. The molecule has 130 valence electrons. The second kappa shape index (κ2) is 7.10. The number of carbonyl (C=O) groups excluding carboxylic acids is 1. The van der Waals surface area contributed by atoms with E-state index in [2.05, 4.69) is 20.6 Å². The van der Waals surface area contributed by atoms with Crippen LogP contribution in [0.5, 0.6) is 11.5 Å². The Hall–Kier alpha value is -3.61. The lowest BCUT2D eigenvalue weighted by Crippen LogP contribution is -2.23. The maximum absolute atomic E-state index is 12.3. The van der Waals surface area contributed by atoms with Crippen LogP contribution in [-0.2, 0) is 6.54 Å². The molecule has 2 N–H and O–H groups in total. The van der Waals surface area contributed by atoms with Crippen molar-refractivity contribution < 1.29 is 14.3 Å². The molecule has 7 nitrogen and oxygen atoms in total. The number of carbonyl (C=O) groups is 1. The second-order valence-corrected chi connectivity index (χ2v) is 5.66. The number of rotatable bonds is 5. The van der Waals surface area contributed by atoms with Gasteiger partial charge in [0.15, 0.2) is 11.5 Å². The van der Waals surface area contributed by atoms with Gasteiger partial charge in [-0.2, -0.15) is 0 Å². The molecule has 1 aliphatic rings. The molecule has 3 aromatic rings. The monoisotopic (exact) mass is 348 g/mol. The van der Waals surface area contributed by atoms with Gasteiger partial charge in [-0.25, -0.2) is 0 Å². The van der Waals surface area contributed by atoms with E-state index in [1.807, 2.05) is 36.4 Å². The molecule has 4 rings (SSSR count). The Kier molecular flexibility index (Phi) is 4.34. The van der Waals surface area contributed by atoms with E-state index in [1.165, 1.54) is 6.20 Å². The lowest BCUT2D eigenvalue weighted by molar-refractivity contribution is 0.0950. The van der Waals surface area contributed by atoms with Crippen LogP contribution in [0.2, 0.25) is 0 Å². The first kappa shape index (κ1) is 15.9. The molecule has 0 unspecified atom stereocenters. The predicted octanol–water partition coefficient (Wildman–Crippen LogP) is 2.88. The maximum Gasteiger partial charge on any atom is 0.253 e. The van der Waals surface area contributed by atoms with Gasteiger partial charge in [0.05, 0.1) is 29.7 Å². The van der Waals surface area contributed by atoms with Crippen molar-refractivity contribution >= 4 is 17.3 Å². The highest BCUT2D eigenvalue weighted by atomic mass is 16.7. The molecule has 0 saturated carbocycles. The molecule has 7 heteroatoms. The third-order valence-electron chi connectivity index (χ3n) is 3.82. The predicted molar refractivity (Wildman–Crippen MR) is 95.5 cm³/mol. The summed E-state index contributed by atoms with van der Waals surface area (Å²) >= 11 is 0. The van der Waals surface area contributed by atoms with Crippen molar-refractivity contribution in [3.63, 3.8) is 0 Å². The quantitative estimate of drug-likeness (QED) is 0.737. The molecular formula is C19H16N4O3. The Morgan fingerprint density at radius 3 is 2.85 bits per heavy atom. The number of nitrogens with one attached hydrogen (secondary N) is 2. The normalized spacial score (nSPS) is 11.8. The van der Waals surface area contributed by atoms with Crippen molar-refractivity contribution in [1.29, 1.82) is 0 Å². The number of aromatic nitrogens is 2. The lowest BCUT2D eigenvalue weighted by atomic mass is 10.2. The van der Waals surface area contributed by atoms with Crippen LogP contribution >= 0.6 is 0 Å². The van der Waals surface area contributed by atoms with Crippen molar-refractivity contribution in [2.24, 2.45) is 0 Å². The molecule has 0 bridgehead atoms. The van der Waals surface area contributed by atoms with Gasteiger partial charge in [-0.05, 0) is 30.3 Å². The summed E-state index contributed by atoms with van der Waals surface area (Å²) in [7, 11) is 0. The number of ether oxygens (including phenoxy) is 2. The second-order valence-electron chi connectivity index (χ2n) is 5.66. The van der Waals surface area contributed by atoms with Gasteiger partial charge >= 0.3 is 0 Å². The molecule has 2 aromatic heterocycles. The number of hydrogen-bond donors (Lipinski definition) is 2. The average Bonchev–Trinajstić information content (AvgIpc) is 3.15. The third-order valence-corrected chi connectivity index (χ3v) is 3.82. The molecule has 0 atom stereocenters. The number of benzene rings is 1. The molecule has 3 heterocycles. The summed E-state index contributed by atoms with van der Waals surface area (Å²) in [6.45, 7) is 0.589. The summed E-state index contributed by atoms with van der Waals surface area (Å²) in [4.78, 5) is 20.6. The Morgan fingerprint density at radius 1 is 1.04 bits per heavy atom. The van der Waals surface area contributed by atoms with Gasteiger partial charge in [0, 0.05) is 24.1 Å². The van der Waals surface area contributed by atoms with Crippen LogP contribution in [0.4, 0.5) is 11.4 Å². The first-order valence-electron chi connectivity index (χ1n) is 8.08. The van der Waals surface area contributed by atoms with Crippen molar-refractivity contribution in [3.05, 3.63) is 72.3 Å². The van der Waals surface area contributed by atoms with Gasteiger partial charge in [0.1, 0.15) is 0 Å².